The minimum Gasteiger partial charge on any atom is -0.301 e. The summed E-state index contributed by atoms with van der Waals surface area (Å²) in [4.78, 5) is 2.21. The Morgan fingerprint density at radius 3 is 2.35 bits per heavy atom. The molecule has 1 heterocycles. The molecular formula is C12H22N2O2S. The van der Waals surface area contributed by atoms with Gasteiger partial charge in [-0.05, 0) is 33.2 Å². The largest absolute Gasteiger partial charge is 0.301 e. The molecule has 0 amide bonds. The van der Waals surface area contributed by atoms with E-state index in [9.17, 15) is 8.42 Å². The lowest BCUT2D eigenvalue weighted by Crippen LogP contribution is -2.40. The summed E-state index contributed by atoms with van der Waals surface area (Å²) in [6.07, 6.45) is 2.99. The van der Waals surface area contributed by atoms with Gasteiger partial charge in [0.2, 0.25) is 0 Å². The molecule has 0 saturated carbocycles. The van der Waals surface area contributed by atoms with E-state index < -0.39 is 9.84 Å². The second kappa shape index (κ2) is 5.83. The predicted octanol–water partition coefficient (Wildman–Crippen LogP) is 1.44. The van der Waals surface area contributed by atoms with Crippen molar-refractivity contribution in [2.24, 2.45) is 5.41 Å². The molecule has 17 heavy (non-hydrogen) atoms. The molecule has 4 nitrogen and oxygen atoms in total. The van der Waals surface area contributed by atoms with Crippen LogP contribution in [0.15, 0.2) is 0 Å². The Labute approximate surface area is 105 Å². The van der Waals surface area contributed by atoms with E-state index in [1.165, 1.54) is 0 Å². The molecule has 0 aromatic carbocycles. The molecule has 0 aliphatic carbocycles. The summed E-state index contributed by atoms with van der Waals surface area (Å²) in [7, 11) is -2.76. The SMILES string of the molecule is CC(C)(C#N)CCCCN1CCS(=O)(=O)CC1. The maximum absolute atomic E-state index is 11.2. The van der Waals surface area contributed by atoms with Crippen molar-refractivity contribution >= 4 is 9.84 Å². The van der Waals surface area contributed by atoms with Crippen LogP contribution in [0.2, 0.25) is 0 Å². The first-order valence-electron chi connectivity index (χ1n) is 6.19. The summed E-state index contributed by atoms with van der Waals surface area (Å²) in [5, 5.41) is 8.87. The molecule has 0 radical (unpaired) electrons. The molecule has 0 aromatic heterocycles. The summed E-state index contributed by atoms with van der Waals surface area (Å²) >= 11 is 0. The molecule has 1 aliphatic heterocycles. The molecule has 0 atom stereocenters. The lowest BCUT2D eigenvalue weighted by atomic mass is 9.89. The maximum atomic E-state index is 11.2. The van der Waals surface area contributed by atoms with E-state index >= 15 is 0 Å². The van der Waals surface area contributed by atoms with E-state index in [-0.39, 0.29) is 5.41 Å². The normalized spacial score (nSPS) is 21.0. The molecule has 1 aliphatic rings. The average molecular weight is 258 g/mol. The van der Waals surface area contributed by atoms with E-state index in [0.717, 1.165) is 25.8 Å². The third-order valence-electron chi connectivity index (χ3n) is 3.27. The molecular weight excluding hydrogens is 236 g/mol. The predicted molar refractivity (Wildman–Crippen MR) is 68.3 cm³/mol. The third-order valence-corrected chi connectivity index (χ3v) is 4.87. The zero-order valence-corrected chi connectivity index (χ0v) is 11.6. The summed E-state index contributed by atoms with van der Waals surface area (Å²) in [6.45, 7) is 6.21. The van der Waals surface area contributed by atoms with Gasteiger partial charge in [0.05, 0.1) is 23.0 Å². The van der Waals surface area contributed by atoms with Gasteiger partial charge in [-0.1, -0.05) is 6.42 Å². The van der Waals surface area contributed by atoms with Crippen LogP contribution in [0.1, 0.15) is 33.1 Å². The Balaban J connectivity index is 2.15. The van der Waals surface area contributed by atoms with Gasteiger partial charge in [-0.25, -0.2) is 8.42 Å². The highest BCUT2D eigenvalue weighted by Crippen LogP contribution is 2.21. The van der Waals surface area contributed by atoms with Crippen LogP contribution in [0.25, 0.3) is 0 Å². The van der Waals surface area contributed by atoms with Crippen molar-refractivity contribution in [1.29, 1.82) is 5.26 Å². The molecule has 98 valence electrons. The van der Waals surface area contributed by atoms with Crippen LogP contribution in [0, 0.1) is 16.7 Å². The Kier molecular flexibility index (Phi) is 4.96. The van der Waals surface area contributed by atoms with Crippen molar-refractivity contribution in [3.8, 4) is 6.07 Å². The van der Waals surface area contributed by atoms with E-state index in [1.54, 1.807) is 0 Å². The van der Waals surface area contributed by atoms with Crippen LogP contribution >= 0.6 is 0 Å². The molecule has 0 aromatic rings. The van der Waals surface area contributed by atoms with E-state index in [2.05, 4.69) is 11.0 Å². The summed E-state index contributed by atoms with van der Waals surface area (Å²) < 4.78 is 22.5. The van der Waals surface area contributed by atoms with E-state index in [0.29, 0.717) is 24.6 Å². The van der Waals surface area contributed by atoms with Gasteiger partial charge in [0.25, 0.3) is 0 Å². The average Bonchev–Trinajstić information content (AvgIpc) is 2.26. The summed E-state index contributed by atoms with van der Waals surface area (Å²) in [5.74, 6) is 0.605. The molecule has 0 unspecified atom stereocenters. The van der Waals surface area contributed by atoms with Crippen molar-refractivity contribution in [3.63, 3.8) is 0 Å². The third kappa shape index (κ3) is 5.51. The molecule has 0 spiro atoms. The monoisotopic (exact) mass is 258 g/mol. The Hall–Kier alpha value is -0.600. The fraction of sp³-hybridized carbons (Fsp3) is 0.917. The fourth-order valence-electron chi connectivity index (χ4n) is 1.93. The van der Waals surface area contributed by atoms with Crippen LogP contribution < -0.4 is 0 Å². The Bertz CT molecular complexity index is 368. The van der Waals surface area contributed by atoms with Gasteiger partial charge in [-0.15, -0.1) is 0 Å². The lowest BCUT2D eigenvalue weighted by Gasteiger charge is -2.26. The van der Waals surface area contributed by atoms with Gasteiger partial charge in [0, 0.05) is 13.1 Å². The summed E-state index contributed by atoms with van der Waals surface area (Å²) in [5.41, 5.74) is -0.231. The Morgan fingerprint density at radius 1 is 1.24 bits per heavy atom. The minimum atomic E-state index is -2.76. The van der Waals surface area contributed by atoms with Crippen molar-refractivity contribution in [1.82, 2.24) is 4.90 Å². The highest BCUT2D eigenvalue weighted by atomic mass is 32.2. The second-order valence-electron chi connectivity index (χ2n) is 5.45. The number of nitrogens with zero attached hydrogens (tertiary/aromatic N) is 2. The molecule has 1 saturated heterocycles. The highest BCUT2D eigenvalue weighted by Gasteiger charge is 2.21. The van der Waals surface area contributed by atoms with Gasteiger partial charge in [0.1, 0.15) is 0 Å². The lowest BCUT2D eigenvalue weighted by molar-refractivity contribution is 0.281. The maximum Gasteiger partial charge on any atom is 0.152 e. The quantitative estimate of drug-likeness (QED) is 0.700. The standard InChI is InChI=1S/C12H22N2O2S/c1-12(2,11-13)5-3-4-6-14-7-9-17(15,16)10-8-14/h3-10H2,1-2H3. The van der Waals surface area contributed by atoms with Crippen molar-refractivity contribution in [2.45, 2.75) is 33.1 Å². The molecule has 5 heteroatoms. The molecule has 1 fully saturated rings. The summed E-state index contributed by atoms with van der Waals surface area (Å²) in [6, 6.07) is 2.30. The van der Waals surface area contributed by atoms with Crippen LogP contribution in [0.3, 0.4) is 0 Å². The number of sulfone groups is 1. The molecule has 0 N–H and O–H groups in total. The first-order chi connectivity index (χ1) is 7.85. The number of nitriles is 1. The van der Waals surface area contributed by atoms with Crippen molar-refractivity contribution in [3.05, 3.63) is 0 Å². The molecule has 0 bridgehead atoms. The number of rotatable bonds is 5. The van der Waals surface area contributed by atoms with Crippen LogP contribution in [0.5, 0.6) is 0 Å². The zero-order valence-electron chi connectivity index (χ0n) is 10.8. The smallest absolute Gasteiger partial charge is 0.152 e. The van der Waals surface area contributed by atoms with Crippen LogP contribution in [0.4, 0.5) is 0 Å². The fourth-order valence-corrected chi connectivity index (χ4v) is 3.21. The second-order valence-corrected chi connectivity index (χ2v) is 7.75. The first-order valence-corrected chi connectivity index (χ1v) is 8.01. The van der Waals surface area contributed by atoms with E-state index in [1.807, 2.05) is 13.8 Å². The van der Waals surface area contributed by atoms with E-state index in [4.69, 9.17) is 5.26 Å². The minimum absolute atomic E-state index is 0.231. The van der Waals surface area contributed by atoms with Crippen LogP contribution in [-0.4, -0.2) is 44.5 Å². The number of hydrogen-bond acceptors (Lipinski definition) is 4. The van der Waals surface area contributed by atoms with Crippen molar-refractivity contribution < 1.29 is 8.42 Å². The van der Waals surface area contributed by atoms with Crippen molar-refractivity contribution in [2.75, 3.05) is 31.1 Å². The van der Waals surface area contributed by atoms with Crippen LogP contribution in [-0.2, 0) is 9.84 Å². The van der Waals surface area contributed by atoms with Gasteiger partial charge in [0.15, 0.2) is 9.84 Å². The van der Waals surface area contributed by atoms with Gasteiger partial charge in [-0.2, -0.15) is 5.26 Å². The number of unbranched alkanes of at least 4 members (excludes halogenated alkanes) is 1. The van der Waals surface area contributed by atoms with Gasteiger partial charge >= 0.3 is 0 Å². The highest BCUT2D eigenvalue weighted by molar-refractivity contribution is 7.91. The Morgan fingerprint density at radius 2 is 1.82 bits per heavy atom. The molecule has 1 rings (SSSR count). The van der Waals surface area contributed by atoms with Gasteiger partial charge in [-0.3, -0.25) is 0 Å². The zero-order chi connectivity index (χ0) is 12.9. The first kappa shape index (κ1) is 14.5. The van der Waals surface area contributed by atoms with Gasteiger partial charge < -0.3 is 4.90 Å². The topological polar surface area (TPSA) is 61.2 Å². The number of hydrogen-bond donors (Lipinski definition) is 0.